The number of ether oxygens (including phenoxy) is 1. The number of benzene rings is 2. The molecule has 0 spiro atoms. The summed E-state index contributed by atoms with van der Waals surface area (Å²) in [5.74, 6) is 2.25. The van der Waals surface area contributed by atoms with E-state index in [9.17, 15) is 9.90 Å². The van der Waals surface area contributed by atoms with E-state index in [-0.39, 0.29) is 17.5 Å². The number of hydrogen-bond acceptors (Lipinski definition) is 3. The van der Waals surface area contributed by atoms with Gasteiger partial charge in [-0.1, -0.05) is 31.2 Å². The molecule has 0 unspecified atom stereocenters. The second-order valence-electron chi connectivity index (χ2n) is 9.17. The maximum absolute atomic E-state index is 12.4. The van der Waals surface area contributed by atoms with Gasteiger partial charge in [-0.3, -0.25) is 0 Å². The Morgan fingerprint density at radius 1 is 1.07 bits per heavy atom. The maximum atomic E-state index is 12.4. The summed E-state index contributed by atoms with van der Waals surface area (Å²) in [6, 6.07) is 15.4. The Morgan fingerprint density at radius 2 is 1.89 bits per heavy atom. The number of esters is 1. The number of aryl methyl sites for hydroxylation is 1. The second kappa shape index (κ2) is 6.73. The van der Waals surface area contributed by atoms with Crippen molar-refractivity contribution in [2.45, 2.75) is 57.5 Å². The predicted molar refractivity (Wildman–Crippen MR) is 108 cm³/mol. The molecular formula is C25H28O3. The first-order valence-corrected chi connectivity index (χ1v) is 10.6. The number of carbonyl (C=O) groups is 1. The highest BCUT2D eigenvalue weighted by atomic mass is 16.5. The van der Waals surface area contributed by atoms with Crippen LogP contribution in [-0.4, -0.2) is 17.2 Å². The molecule has 2 saturated carbocycles. The molecule has 146 valence electrons. The molecule has 3 heteroatoms. The van der Waals surface area contributed by atoms with Gasteiger partial charge in [0.05, 0.1) is 11.7 Å². The van der Waals surface area contributed by atoms with E-state index in [2.05, 4.69) is 19.1 Å². The molecule has 2 aromatic carbocycles. The first-order valence-electron chi connectivity index (χ1n) is 10.6. The van der Waals surface area contributed by atoms with Crippen LogP contribution in [-0.2, 0) is 6.42 Å². The largest absolute Gasteiger partial charge is 0.423 e. The van der Waals surface area contributed by atoms with Gasteiger partial charge in [0.1, 0.15) is 5.75 Å². The number of carbonyl (C=O) groups excluding carboxylic acids is 1. The first kappa shape index (κ1) is 17.9. The molecule has 28 heavy (non-hydrogen) atoms. The Hall–Kier alpha value is -2.13. The zero-order chi connectivity index (χ0) is 19.3. The van der Waals surface area contributed by atoms with Gasteiger partial charge < -0.3 is 9.84 Å². The maximum Gasteiger partial charge on any atom is 0.343 e. The molecule has 3 aliphatic rings. The summed E-state index contributed by atoms with van der Waals surface area (Å²) in [4.78, 5) is 12.4. The van der Waals surface area contributed by atoms with E-state index in [1.54, 1.807) is 12.1 Å². The summed E-state index contributed by atoms with van der Waals surface area (Å²) in [5.41, 5.74) is 3.47. The number of aliphatic hydroxyl groups excluding tert-OH is 1. The third-order valence-electron chi connectivity index (χ3n) is 7.87. The summed E-state index contributed by atoms with van der Waals surface area (Å²) in [5, 5.41) is 10.5. The van der Waals surface area contributed by atoms with Gasteiger partial charge in [-0.25, -0.2) is 4.79 Å². The van der Waals surface area contributed by atoms with E-state index in [0.717, 1.165) is 25.7 Å². The van der Waals surface area contributed by atoms with Crippen molar-refractivity contribution in [2.24, 2.45) is 17.3 Å². The van der Waals surface area contributed by atoms with E-state index < -0.39 is 0 Å². The third kappa shape index (κ3) is 2.79. The van der Waals surface area contributed by atoms with Crippen LogP contribution in [0.15, 0.2) is 48.5 Å². The number of aliphatic hydroxyl groups is 1. The van der Waals surface area contributed by atoms with Crippen LogP contribution in [0.2, 0.25) is 0 Å². The monoisotopic (exact) mass is 376 g/mol. The quantitative estimate of drug-likeness (QED) is 0.584. The Labute approximate surface area is 166 Å². The molecule has 5 atom stereocenters. The summed E-state index contributed by atoms with van der Waals surface area (Å²) in [7, 11) is 0. The Kier molecular flexibility index (Phi) is 4.31. The van der Waals surface area contributed by atoms with Crippen molar-refractivity contribution in [3.8, 4) is 5.75 Å². The molecule has 2 fully saturated rings. The Bertz CT molecular complexity index is 890. The normalized spacial score (nSPS) is 33.5. The van der Waals surface area contributed by atoms with Crippen molar-refractivity contribution in [1.82, 2.24) is 0 Å². The van der Waals surface area contributed by atoms with Crippen molar-refractivity contribution in [3.63, 3.8) is 0 Å². The standard InChI is InChI=1S/C25H28O3/c1-25-14-13-20-19-10-8-18(28-24(27)16-5-3-2-4-6-16)15-17(19)7-9-21(20)22(25)11-12-23(25)26/h2-6,8,10,15,20-23,26H,7,9,11-14H2,1H3/t20-,21-,22+,23+,25-/m0/s1. The molecular weight excluding hydrogens is 348 g/mol. The summed E-state index contributed by atoms with van der Waals surface area (Å²) < 4.78 is 5.63. The predicted octanol–water partition coefficient (Wildman–Crippen LogP) is 5.12. The average Bonchev–Trinajstić information content (AvgIpc) is 3.03. The van der Waals surface area contributed by atoms with Crippen molar-refractivity contribution in [2.75, 3.05) is 0 Å². The van der Waals surface area contributed by atoms with Crippen LogP contribution in [0.5, 0.6) is 5.75 Å². The highest BCUT2D eigenvalue weighted by molar-refractivity contribution is 5.91. The number of fused-ring (bicyclic) bond motifs is 5. The van der Waals surface area contributed by atoms with Crippen molar-refractivity contribution < 1.29 is 14.6 Å². The zero-order valence-electron chi connectivity index (χ0n) is 16.4. The second-order valence-corrected chi connectivity index (χ2v) is 9.17. The lowest BCUT2D eigenvalue weighted by Gasteiger charge is -2.50. The van der Waals surface area contributed by atoms with E-state index >= 15 is 0 Å². The van der Waals surface area contributed by atoms with Crippen LogP contribution in [0.4, 0.5) is 0 Å². The van der Waals surface area contributed by atoms with Crippen LogP contribution >= 0.6 is 0 Å². The van der Waals surface area contributed by atoms with Crippen LogP contribution in [0, 0.1) is 17.3 Å². The fraction of sp³-hybridized carbons (Fsp3) is 0.480. The van der Waals surface area contributed by atoms with Crippen LogP contribution < -0.4 is 4.74 Å². The van der Waals surface area contributed by atoms with Crippen molar-refractivity contribution in [1.29, 1.82) is 0 Å². The fourth-order valence-electron chi connectivity index (χ4n) is 6.33. The van der Waals surface area contributed by atoms with Gasteiger partial charge >= 0.3 is 5.97 Å². The summed E-state index contributed by atoms with van der Waals surface area (Å²) in [6.07, 6.45) is 6.50. The smallest absolute Gasteiger partial charge is 0.343 e. The van der Waals surface area contributed by atoms with Crippen LogP contribution in [0.3, 0.4) is 0 Å². The van der Waals surface area contributed by atoms with Crippen molar-refractivity contribution >= 4 is 5.97 Å². The van der Waals surface area contributed by atoms with E-state index in [1.807, 2.05) is 24.3 Å². The summed E-state index contributed by atoms with van der Waals surface area (Å²) in [6.45, 7) is 2.31. The highest BCUT2D eigenvalue weighted by Crippen LogP contribution is 2.60. The number of rotatable bonds is 2. The van der Waals surface area contributed by atoms with Crippen LogP contribution in [0.25, 0.3) is 0 Å². The third-order valence-corrected chi connectivity index (χ3v) is 7.87. The van der Waals surface area contributed by atoms with Gasteiger partial charge in [-0.05, 0) is 97.1 Å². The molecule has 0 saturated heterocycles. The number of hydrogen-bond donors (Lipinski definition) is 1. The van der Waals surface area contributed by atoms with Gasteiger partial charge in [-0.2, -0.15) is 0 Å². The minimum Gasteiger partial charge on any atom is -0.423 e. The zero-order valence-corrected chi connectivity index (χ0v) is 16.4. The molecule has 1 N–H and O–H groups in total. The lowest BCUT2D eigenvalue weighted by molar-refractivity contribution is -0.0226. The molecule has 2 aromatic rings. The van der Waals surface area contributed by atoms with Gasteiger partial charge in [0.15, 0.2) is 0 Å². The SMILES string of the molecule is C[C@]12CC[C@H]3c4ccc(OC(=O)c5ccccc5)cc4CC[C@@H]3[C@H]1CC[C@H]2O. The van der Waals surface area contributed by atoms with Crippen LogP contribution in [0.1, 0.15) is 66.4 Å². The van der Waals surface area contributed by atoms with Gasteiger partial charge in [0, 0.05) is 0 Å². The summed E-state index contributed by atoms with van der Waals surface area (Å²) >= 11 is 0. The van der Waals surface area contributed by atoms with Gasteiger partial charge in [0.25, 0.3) is 0 Å². The topological polar surface area (TPSA) is 46.5 Å². The van der Waals surface area contributed by atoms with Gasteiger partial charge in [-0.15, -0.1) is 0 Å². The van der Waals surface area contributed by atoms with Gasteiger partial charge in [0.2, 0.25) is 0 Å². The molecule has 3 aliphatic carbocycles. The molecule has 5 rings (SSSR count). The Balaban J connectivity index is 1.37. The average molecular weight is 376 g/mol. The molecule has 0 amide bonds. The molecule has 0 bridgehead atoms. The molecule has 0 aliphatic heterocycles. The molecule has 3 nitrogen and oxygen atoms in total. The molecule has 0 aromatic heterocycles. The van der Waals surface area contributed by atoms with E-state index in [0.29, 0.717) is 29.1 Å². The van der Waals surface area contributed by atoms with E-state index in [4.69, 9.17) is 4.74 Å². The lowest BCUT2D eigenvalue weighted by atomic mass is 9.55. The highest BCUT2D eigenvalue weighted by Gasteiger charge is 2.54. The molecule has 0 radical (unpaired) electrons. The molecule has 0 heterocycles. The Morgan fingerprint density at radius 3 is 2.71 bits per heavy atom. The lowest BCUT2D eigenvalue weighted by Crippen LogP contribution is -2.43. The first-order chi connectivity index (χ1) is 13.6. The fourth-order valence-corrected chi connectivity index (χ4v) is 6.33. The minimum absolute atomic E-state index is 0.115. The van der Waals surface area contributed by atoms with E-state index in [1.165, 1.54) is 24.0 Å². The minimum atomic E-state index is -0.303. The van der Waals surface area contributed by atoms with Crippen molar-refractivity contribution in [3.05, 3.63) is 65.2 Å².